The second-order valence-corrected chi connectivity index (χ2v) is 5.33. The van der Waals surface area contributed by atoms with Gasteiger partial charge in [0.25, 0.3) is 0 Å². The van der Waals surface area contributed by atoms with Gasteiger partial charge in [-0.1, -0.05) is 13.0 Å². The highest BCUT2D eigenvalue weighted by Crippen LogP contribution is 2.28. The van der Waals surface area contributed by atoms with Gasteiger partial charge in [0.2, 0.25) is 0 Å². The monoisotopic (exact) mass is 311 g/mol. The molecule has 5 nitrogen and oxygen atoms in total. The Morgan fingerprint density at radius 2 is 1.86 bits per heavy atom. The summed E-state index contributed by atoms with van der Waals surface area (Å²) in [4.78, 5) is 2.24. The summed E-state index contributed by atoms with van der Waals surface area (Å²) in [5.41, 5.74) is 1.14. The zero-order valence-electron chi connectivity index (χ0n) is 14.2. The number of rotatable bonds is 11. The highest BCUT2D eigenvalue weighted by atomic mass is 16.5. The molecule has 0 bridgehead atoms. The predicted molar refractivity (Wildman–Crippen MR) is 87.6 cm³/mol. The van der Waals surface area contributed by atoms with Crippen molar-refractivity contribution in [1.82, 2.24) is 4.90 Å². The van der Waals surface area contributed by atoms with Crippen molar-refractivity contribution < 1.29 is 19.3 Å². The minimum absolute atomic E-state index is 0.303. The third kappa shape index (κ3) is 6.22. The largest absolute Gasteiger partial charge is 0.493 e. The number of benzene rings is 1. The van der Waals surface area contributed by atoms with Crippen molar-refractivity contribution in [2.45, 2.75) is 32.4 Å². The summed E-state index contributed by atoms with van der Waals surface area (Å²) in [6.07, 6.45) is 1.40. The maximum absolute atomic E-state index is 9.93. The summed E-state index contributed by atoms with van der Waals surface area (Å²) in [6, 6.07) is 5.93. The summed E-state index contributed by atoms with van der Waals surface area (Å²) in [6.45, 7) is 5.04. The van der Waals surface area contributed by atoms with Crippen LogP contribution in [0.4, 0.5) is 0 Å². The van der Waals surface area contributed by atoms with E-state index in [2.05, 4.69) is 4.90 Å². The Bertz CT molecular complexity index is 425. The van der Waals surface area contributed by atoms with Crippen LogP contribution in [0.2, 0.25) is 0 Å². The number of hydrogen-bond acceptors (Lipinski definition) is 5. The molecule has 1 atom stereocenters. The molecule has 0 aromatic heterocycles. The molecule has 0 heterocycles. The van der Waals surface area contributed by atoms with E-state index in [0.717, 1.165) is 49.6 Å². The van der Waals surface area contributed by atoms with Gasteiger partial charge in [0.1, 0.15) is 0 Å². The Morgan fingerprint density at radius 3 is 2.45 bits per heavy atom. The lowest BCUT2D eigenvalue weighted by molar-refractivity contribution is 0.0967. The first-order valence-corrected chi connectivity index (χ1v) is 7.74. The van der Waals surface area contributed by atoms with E-state index in [9.17, 15) is 5.11 Å². The van der Waals surface area contributed by atoms with Gasteiger partial charge in [-0.15, -0.1) is 0 Å². The van der Waals surface area contributed by atoms with Gasteiger partial charge in [-0.3, -0.25) is 4.90 Å². The lowest BCUT2D eigenvalue weighted by Crippen LogP contribution is -2.33. The first kappa shape index (κ1) is 18.7. The normalized spacial score (nSPS) is 12.5. The topological polar surface area (TPSA) is 51.2 Å². The average molecular weight is 311 g/mol. The Balaban J connectivity index is 2.74. The first-order valence-electron chi connectivity index (χ1n) is 7.74. The lowest BCUT2D eigenvalue weighted by Gasteiger charge is -2.25. The van der Waals surface area contributed by atoms with Crippen LogP contribution in [0.1, 0.15) is 25.3 Å². The fourth-order valence-electron chi connectivity index (χ4n) is 2.33. The Morgan fingerprint density at radius 1 is 1.14 bits per heavy atom. The van der Waals surface area contributed by atoms with Crippen LogP contribution in [0.5, 0.6) is 11.5 Å². The molecule has 0 spiro atoms. The zero-order valence-corrected chi connectivity index (χ0v) is 14.2. The molecule has 0 unspecified atom stereocenters. The zero-order chi connectivity index (χ0) is 16.4. The number of aliphatic hydroxyl groups excluding tert-OH is 1. The van der Waals surface area contributed by atoms with Crippen molar-refractivity contribution in [3.05, 3.63) is 23.8 Å². The van der Waals surface area contributed by atoms with E-state index < -0.39 is 0 Å². The van der Waals surface area contributed by atoms with Crippen molar-refractivity contribution in [3.8, 4) is 11.5 Å². The second kappa shape index (κ2) is 10.4. The predicted octanol–water partition coefficient (Wildman–Crippen LogP) is 2.31. The van der Waals surface area contributed by atoms with Gasteiger partial charge in [0.05, 0.1) is 20.3 Å². The molecular formula is C17H29NO4. The SMILES string of the molecule is CC[C@@H](O)CN(CCCOC)Cc1ccc(OC)c(OC)c1. The highest BCUT2D eigenvalue weighted by molar-refractivity contribution is 5.42. The lowest BCUT2D eigenvalue weighted by atomic mass is 10.1. The van der Waals surface area contributed by atoms with Gasteiger partial charge in [-0.2, -0.15) is 0 Å². The van der Waals surface area contributed by atoms with Crippen molar-refractivity contribution >= 4 is 0 Å². The van der Waals surface area contributed by atoms with Crippen LogP contribution in [-0.2, 0) is 11.3 Å². The van der Waals surface area contributed by atoms with E-state index in [-0.39, 0.29) is 6.10 Å². The maximum Gasteiger partial charge on any atom is 0.161 e. The summed E-state index contributed by atoms with van der Waals surface area (Å²) in [5.74, 6) is 1.46. The first-order chi connectivity index (χ1) is 10.6. The molecule has 1 rings (SSSR count). The van der Waals surface area contributed by atoms with Gasteiger partial charge >= 0.3 is 0 Å². The van der Waals surface area contributed by atoms with E-state index in [1.54, 1.807) is 21.3 Å². The summed E-state index contributed by atoms with van der Waals surface area (Å²) in [5, 5.41) is 9.93. The van der Waals surface area contributed by atoms with E-state index in [4.69, 9.17) is 14.2 Å². The fraction of sp³-hybridized carbons (Fsp3) is 0.647. The third-order valence-corrected chi connectivity index (χ3v) is 3.62. The minimum atomic E-state index is -0.303. The van der Waals surface area contributed by atoms with Crippen LogP contribution < -0.4 is 9.47 Å². The Labute approximate surface area is 133 Å². The van der Waals surface area contributed by atoms with E-state index in [1.165, 1.54) is 0 Å². The molecule has 0 aliphatic rings. The minimum Gasteiger partial charge on any atom is -0.493 e. The number of hydrogen-bond donors (Lipinski definition) is 1. The fourth-order valence-corrected chi connectivity index (χ4v) is 2.33. The molecule has 0 aliphatic heterocycles. The maximum atomic E-state index is 9.93. The summed E-state index contributed by atoms with van der Waals surface area (Å²) < 4.78 is 15.7. The van der Waals surface area contributed by atoms with Crippen molar-refractivity contribution in [2.24, 2.45) is 0 Å². The number of ether oxygens (including phenoxy) is 3. The quantitative estimate of drug-likeness (QED) is 0.636. The molecule has 1 aromatic carbocycles. The van der Waals surface area contributed by atoms with Crippen LogP contribution in [-0.4, -0.2) is 57.1 Å². The molecule has 0 saturated heterocycles. The summed E-state index contributed by atoms with van der Waals surface area (Å²) in [7, 11) is 4.98. The molecule has 0 radical (unpaired) electrons. The highest BCUT2D eigenvalue weighted by Gasteiger charge is 2.12. The second-order valence-electron chi connectivity index (χ2n) is 5.33. The molecule has 1 aromatic rings. The molecule has 5 heteroatoms. The Kier molecular flexibility index (Phi) is 8.89. The molecule has 0 amide bonds. The summed E-state index contributed by atoms with van der Waals surface area (Å²) >= 11 is 0. The molecule has 0 fully saturated rings. The molecule has 22 heavy (non-hydrogen) atoms. The standard InChI is InChI=1S/C17H29NO4/c1-5-15(19)13-18(9-6-10-20-2)12-14-7-8-16(21-3)17(11-14)22-4/h7-8,11,15,19H,5-6,9-10,12-13H2,1-4H3/t15-/m1/s1. The van der Waals surface area contributed by atoms with Crippen LogP contribution in [0, 0.1) is 0 Å². The van der Waals surface area contributed by atoms with Crippen molar-refractivity contribution in [1.29, 1.82) is 0 Å². The number of nitrogens with zero attached hydrogens (tertiary/aromatic N) is 1. The molecule has 0 saturated carbocycles. The van der Waals surface area contributed by atoms with Gasteiger partial charge in [0, 0.05) is 33.4 Å². The smallest absolute Gasteiger partial charge is 0.161 e. The molecule has 0 aliphatic carbocycles. The van der Waals surface area contributed by atoms with Crippen LogP contribution >= 0.6 is 0 Å². The Hall–Kier alpha value is -1.30. The third-order valence-electron chi connectivity index (χ3n) is 3.62. The van der Waals surface area contributed by atoms with Crippen molar-refractivity contribution in [3.63, 3.8) is 0 Å². The van der Waals surface area contributed by atoms with Gasteiger partial charge in [0.15, 0.2) is 11.5 Å². The average Bonchev–Trinajstić information content (AvgIpc) is 2.54. The molecule has 126 valence electrons. The van der Waals surface area contributed by atoms with E-state index in [1.807, 2.05) is 25.1 Å². The van der Waals surface area contributed by atoms with Gasteiger partial charge in [-0.25, -0.2) is 0 Å². The van der Waals surface area contributed by atoms with E-state index >= 15 is 0 Å². The van der Waals surface area contributed by atoms with Crippen LogP contribution in [0.15, 0.2) is 18.2 Å². The van der Waals surface area contributed by atoms with Gasteiger partial charge < -0.3 is 19.3 Å². The van der Waals surface area contributed by atoms with Crippen LogP contribution in [0.3, 0.4) is 0 Å². The van der Waals surface area contributed by atoms with Gasteiger partial charge in [-0.05, 0) is 30.5 Å². The number of methoxy groups -OCH3 is 3. The van der Waals surface area contributed by atoms with E-state index in [0.29, 0.717) is 6.54 Å². The molecule has 1 N–H and O–H groups in total. The molecular weight excluding hydrogens is 282 g/mol. The number of aliphatic hydroxyl groups is 1. The van der Waals surface area contributed by atoms with Crippen LogP contribution in [0.25, 0.3) is 0 Å². The van der Waals surface area contributed by atoms with Crippen molar-refractivity contribution in [2.75, 3.05) is 41.0 Å².